The number of aryl methyl sites for hydroxylation is 4. The van der Waals surface area contributed by atoms with E-state index in [1.807, 2.05) is 26.0 Å². The highest BCUT2D eigenvalue weighted by Gasteiger charge is 2.21. The molecule has 0 aromatic heterocycles. The molecule has 2 aromatic carbocycles. The number of benzene rings is 2. The molecule has 0 saturated heterocycles. The average Bonchev–Trinajstić information content (AvgIpc) is 2.32. The molecule has 0 fully saturated rings. The van der Waals surface area contributed by atoms with E-state index in [-0.39, 0.29) is 4.90 Å². The summed E-state index contributed by atoms with van der Waals surface area (Å²) in [5, 5.41) is 0. The minimum absolute atomic E-state index is 0.154. The zero-order chi connectivity index (χ0) is 15.8. The zero-order valence-electron chi connectivity index (χ0n) is 12.7. The highest BCUT2D eigenvalue weighted by molar-refractivity contribution is 7.93. The first-order chi connectivity index (χ1) is 9.70. The summed E-state index contributed by atoms with van der Waals surface area (Å²) in [6, 6.07) is 9.17. The lowest BCUT2D eigenvalue weighted by atomic mass is 10.1. The van der Waals surface area contributed by atoms with Crippen LogP contribution in [0.1, 0.15) is 22.3 Å². The van der Waals surface area contributed by atoms with Crippen LogP contribution in [0.5, 0.6) is 0 Å². The molecule has 0 saturated carbocycles. The summed E-state index contributed by atoms with van der Waals surface area (Å²) >= 11 is 0. The lowest BCUT2D eigenvalue weighted by molar-refractivity contribution is 0.601. The van der Waals surface area contributed by atoms with Gasteiger partial charge in [0.1, 0.15) is 4.90 Å². The van der Waals surface area contributed by atoms with Crippen molar-refractivity contribution in [2.45, 2.75) is 32.6 Å². The van der Waals surface area contributed by atoms with Crippen LogP contribution in [0.25, 0.3) is 0 Å². The second-order valence-electron chi connectivity index (χ2n) is 5.42. The molecule has 0 aliphatic heterocycles. The highest BCUT2D eigenvalue weighted by atomic mass is 32.2. The fraction of sp³-hybridized carbons (Fsp3) is 0.250. The first kappa shape index (κ1) is 15.4. The van der Waals surface area contributed by atoms with Crippen molar-refractivity contribution >= 4 is 21.4 Å². The number of nitrogens with two attached hydrogens (primary N) is 1. The van der Waals surface area contributed by atoms with Crippen LogP contribution in [0.2, 0.25) is 0 Å². The third-order valence-electron chi connectivity index (χ3n) is 3.35. The fourth-order valence-electron chi connectivity index (χ4n) is 2.40. The summed E-state index contributed by atoms with van der Waals surface area (Å²) in [5.74, 6) is 0. The third-order valence-corrected chi connectivity index (χ3v) is 4.94. The van der Waals surface area contributed by atoms with Crippen LogP contribution >= 0.6 is 0 Å². The largest absolute Gasteiger partial charge is 0.397 e. The molecule has 5 heteroatoms. The van der Waals surface area contributed by atoms with Gasteiger partial charge in [0, 0.05) is 5.69 Å². The van der Waals surface area contributed by atoms with E-state index in [0.717, 1.165) is 16.7 Å². The van der Waals surface area contributed by atoms with E-state index in [1.165, 1.54) is 0 Å². The van der Waals surface area contributed by atoms with E-state index in [1.54, 1.807) is 32.0 Å². The first-order valence-electron chi connectivity index (χ1n) is 6.67. The van der Waals surface area contributed by atoms with Crippen molar-refractivity contribution in [2.24, 2.45) is 0 Å². The van der Waals surface area contributed by atoms with Gasteiger partial charge in [-0.25, -0.2) is 8.42 Å². The quantitative estimate of drug-likeness (QED) is 0.855. The van der Waals surface area contributed by atoms with Crippen molar-refractivity contribution < 1.29 is 8.42 Å². The summed E-state index contributed by atoms with van der Waals surface area (Å²) in [5.41, 5.74) is 10.2. The van der Waals surface area contributed by atoms with Gasteiger partial charge in [0.2, 0.25) is 0 Å². The lowest BCUT2D eigenvalue weighted by Gasteiger charge is -2.15. The number of sulfonamides is 1. The van der Waals surface area contributed by atoms with Gasteiger partial charge in [-0.2, -0.15) is 0 Å². The highest BCUT2D eigenvalue weighted by Crippen LogP contribution is 2.28. The standard InChI is InChI=1S/C16H20N2O2S/c1-10-7-11(2)9-14(8-10)18-21(19,20)16-13(4)6-5-12(3)15(16)17/h5-9,18H,17H2,1-4H3. The molecule has 0 bridgehead atoms. The molecule has 0 spiro atoms. The molecule has 0 atom stereocenters. The summed E-state index contributed by atoms with van der Waals surface area (Å²) in [4.78, 5) is 0.154. The van der Waals surface area contributed by atoms with Gasteiger partial charge in [-0.1, -0.05) is 18.2 Å². The number of hydrogen-bond donors (Lipinski definition) is 2. The Bertz CT molecular complexity index is 776. The molecule has 0 amide bonds. The molecule has 3 N–H and O–H groups in total. The van der Waals surface area contributed by atoms with E-state index in [0.29, 0.717) is 16.9 Å². The monoisotopic (exact) mass is 304 g/mol. The number of nitrogen functional groups attached to an aromatic ring is 1. The van der Waals surface area contributed by atoms with Crippen molar-refractivity contribution in [2.75, 3.05) is 10.5 Å². The molecular weight excluding hydrogens is 284 g/mol. The van der Waals surface area contributed by atoms with Crippen LogP contribution in [0.4, 0.5) is 11.4 Å². The van der Waals surface area contributed by atoms with Gasteiger partial charge in [-0.05, 0) is 62.1 Å². The molecule has 0 unspecified atom stereocenters. The minimum Gasteiger partial charge on any atom is -0.397 e. The first-order valence-corrected chi connectivity index (χ1v) is 8.16. The van der Waals surface area contributed by atoms with Gasteiger partial charge in [-0.15, -0.1) is 0 Å². The van der Waals surface area contributed by atoms with E-state index in [2.05, 4.69) is 4.72 Å². The smallest absolute Gasteiger partial charge is 0.264 e. The van der Waals surface area contributed by atoms with Crippen LogP contribution in [-0.2, 0) is 10.0 Å². The van der Waals surface area contributed by atoms with Crippen molar-refractivity contribution in [1.29, 1.82) is 0 Å². The third kappa shape index (κ3) is 3.19. The lowest BCUT2D eigenvalue weighted by Crippen LogP contribution is -2.17. The Morgan fingerprint density at radius 1 is 0.905 bits per heavy atom. The topological polar surface area (TPSA) is 72.2 Å². The molecule has 0 aliphatic rings. The van der Waals surface area contributed by atoms with Crippen LogP contribution in [0.15, 0.2) is 35.2 Å². The predicted molar refractivity (Wildman–Crippen MR) is 87.1 cm³/mol. The maximum atomic E-state index is 12.6. The van der Waals surface area contributed by atoms with Crippen LogP contribution in [0.3, 0.4) is 0 Å². The Hall–Kier alpha value is -2.01. The summed E-state index contributed by atoms with van der Waals surface area (Å²) < 4.78 is 27.9. The normalized spacial score (nSPS) is 11.4. The zero-order valence-corrected chi connectivity index (χ0v) is 13.5. The van der Waals surface area contributed by atoms with Crippen molar-refractivity contribution in [3.05, 3.63) is 52.6 Å². The minimum atomic E-state index is -3.71. The summed E-state index contributed by atoms with van der Waals surface area (Å²) in [7, 11) is -3.71. The Labute approximate surface area is 126 Å². The summed E-state index contributed by atoms with van der Waals surface area (Å²) in [6.07, 6.45) is 0. The predicted octanol–water partition coefficient (Wildman–Crippen LogP) is 3.30. The number of hydrogen-bond acceptors (Lipinski definition) is 3. The number of nitrogens with one attached hydrogen (secondary N) is 1. The molecule has 4 nitrogen and oxygen atoms in total. The summed E-state index contributed by atoms with van der Waals surface area (Å²) in [6.45, 7) is 7.39. The van der Waals surface area contributed by atoms with E-state index >= 15 is 0 Å². The van der Waals surface area contributed by atoms with E-state index in [9.17, 15) is 8.42 Å². The number of rotatable bonds is 3. The fourth-order valence-corrected chi connectivity index (χ4v) is 3.88. The molecule has 112 valence electrons. The molecule has 0 aliphatic carbocycles. The van der Waals surface area contributed by atoms with Crippen molar-refractivity contribution in [1.82, 2.24) is 0 Å². The maximum Gasteiger partial charge on any atom is 0.264 e. The Balaban J connectivity index is 2.51. The molecule has 2 aromatic rings. The van der Waals surface area contributed by atoms with Gasteiger partial charge in [0.15, 0.2) is 0 Å². The van der Waals surface area contributed by atoms with Gasteiger partial charge in [0.05, 0.1) is 5.69 Å². The van der Waals surface area contributed by atoms with E-state index < -0.39 is 10.0 Å². The molecule has 0 heterocycles. The molecule has 0 radical (unpaired) electrons. The maximum absolute atomic E-state index is 12.6. The van der Waals surface area contributed by atoms with Gasteiger partial charge >= 0.3 is 0 Å². The SMILES string of the molecule is Cc1cc(C)cc(NS(=O)(=O)c2c(C)ccc(C)c2N)c1. The Kier molecular flexibility index (Phi) is 3.96. The van der Waals surface area contributed by atoms with Crippen LogP contribution in [-0.4, -0.2) is 8.42 Å². The van der Waals surface area contributed by atoms with Gasteiger partial charge in [-0.3, -0.25) is 4.72 Å². The second kappa shape index (κ2) is 5.41. The molecular formula is C16H20N2O2S. The van der Waals surface area contributed by atoms with Crippen molar-refractivity contribution in [3.63, 3.8) is 0 Å². The van der Waals surface area contributed by atoms with E-state index in [4.69, 9.17) is 5.73 Å². The Morgan fingerprint density at radius 2 is 1.43 bits per heavy atom. The number of anilines is 2. The Morgan fingerprint density at radius 3 is 2.00 bits per heavy atom. The van der Waals surface area contributed by atoms with Crippen LogP contribution < -0.4 is 10.5 Å². The van der Waals surface area contributed by atoms with Crippen LogP contribution in [0, 0.1) is 27.7 Å². The molecule has 2 rings (SSSR count). The van der Waals surface area contributed by atoms with Gasteiger partial charge < -0.3 is 5.73 Å². The van der Waals surface area contributed by atoms with Crippen molar-refractivity contribution in [3.8, 4) is 0 Å². The average molecular weight is 304 g/mol. The second-order valence-corrected chi connectivity index (χ2v) is 7.04. The molecule has 21 heavy (non-hydrogen) atoms. The van der Waals surface area contributed by atoms with Gasteiger partial charge in [0.25, 0.3) is 10.0 Å².